The Kier molecular flexibility index (Phi) is 4.32. The normalized spacial score (nSPS) is 19.0. The van der Waals surface area contributed by atoms with Crippen LogP contribution in [0.5, 0.6) is 0 Å². The zero-order chi connectivity index (χ0) is 16.4. The highest BCUT2D eigenvalue weighted by Crippen LogP contribution is 2.16. The molecule has 1 saturated heterocycles. The van der Waals surface area contributed by atoms with E-state index in [2.05, 4.69) is 9.71 Å². The second-order valence-electron chi connectivity index (χ2n) is 5.87. The fourth-order valence-corrected chi connectivity index (χ4v) is 3.71. The van der Waals surface area contributed by atoms with Gasteiger partial charge in [0.1, 0.15) is 5.69 Å². The number of sulfonamides is 1. The molecule has 3 rings (SSSR count). The van der Waals surface area contributed by atoms with Gasteiger partial charge in [0, 0.05) is 24.5 Å². The van der Waals surface area contributed by atoms with Crippen LogP contribution in [0, 0.1) is 0 Å². The van der Waals surface area contributed by atoms with Gasteiger partial charge < -0.3 is 4.90 Å². The van der Waals surface area contributed by atoms with E-state index in [1.807, 2.05) is 30.3 Å². The first-order chi connectivity index (χ1) is 10.9. The summed E-state index contributed by atoms with van der Waals surface area (Å²) in [6.45, 7) is 0.996. The summed E-state index contributed by atoms with van der Waals surface area (Å²) in [6, 6.07) is 11.0. The monoisotopic (exact) mass is 333 g/mol. The average molecular weight is 333 g/mol. The zero-order valence-corrected chi connectivity index (χ0v) is 13.7. The van der Waals surface area contributed by atoms with Crippen LogP contribution in [-0.2, 0) is 10.0 Å². The van der Waals surface area contributed by atoms with Crippen LogP contribution >= 0.6 is 0 Å². The van der Waals surface area contributed by atoms with Crippen molar-refractivity contribution in [2.75, 3.05) is 19.3 Å². The van der Waals surface area contributed by atoms with Gasteiger partial charge in [-0.05, 0) is 25.0 Å². The van der Waals surface area contributed by atoms with Crippen molar-refractivity contribution in [1.82, 2.24) is 14.6 Å². The summed E-state index contributed by atoms with van der Waals surface area (Å²) in [7, 11) is -3.27. The lowest BCUT2D eigenvalue weighted by atomic mass is 10.1. The maximum Gasteiger partial charge on any atom is 0.272 e. The molecule has 2 aromatic rings. The SMILES string of the molecule is CS(=O)(=O)NC1CCCN(C(=O)c2ccc3ccccc3n2)C1. The van der Waals surface area contributed by atoms with Crippen LogP contribution in [0.1, 0.15) is 23.3 Å². The van der Waals surface area contributed by atoms with E-state index in [1.54, 1.807) is 11.0 Å². The number of benzene rings is 1. The maximum atomic E-state index is 12.6. The van der Waals surface area contributed by atoms with Gasteiger partial charge in [0.05, 0.1) is 11.8 Å². The lowest BCUT2D eigenvalue weighted by Gasteiger charge is -2.32. The fraction of sp³-hybridized carbons (Fsp3) is 0.375. The number of pyridine rings is 1. The molecule has 0 radical (unpaired) electrons. The number of aromatic nitrogens is 1. The minimum Gasteiger partial charge on any atom is -0.336 e. The van der Waals surface area contributed by atoms with Crippen LogP contribution in [0.15, 0.2) is 36.4 Å². The molecular formula is C16H19N3O3S. The van der Waals surface area contributed by atoms with Gasteiger partial charge in [0.15, 0.2) is 0 Å². The number of nitrogens with zero attached hydrogens (tertiary/aromatic N) is 2. The number of amides is 1. The first kappa shape index (κ1) is 15.9. The first-order valence-corrected chi connectivity index (χ1v) is 9.44. The van der Waals surface area contributed by atoms with Gasteiger partial charge in [0.2, 0.25) is 10.0 Å². The van der Waals surface area contributed by atoms with Gasteiger partial charge in [-0.1, -0.05) is 24.3 Å². The summed E-state index contributed by atoms with van der Waals surface area (Å²) >= 11 is 0. The zero-order valence-electron chi connectivity index (χ0n) is 12.9. The second kappa shape index (κ2) is 6.25. The number of likely N-dealkylation sites (tertiary alicyclic amines) is 1. The molecule has 1 amide bonds. The van der Waals surface area contributed by atoms with Crippen LogP contribution in [0.2, 0.25) is 0 Å². The number of para-hydroxylation sites is 1. The summed E-state index contributed by atoms with van der Waals surface area (Å²) in [5.74, 6) is -0.157. The third kappa shape index (κ3) is 3.86. The first-order valence-electron chi connectivity index (χ1n) is 7.55. The Morgan fingerprint density at radius 1 is 1.26 bits per heavy atom. The number of nitrogens with one attached hydrogen (secondary N) is 1. The molecular weight excluding hydrogens is 314 g/mol. The third-order valence-electron chi connectivity index (χ3n) is 3.91. The molecule has 122 valence electrons. The highest BCUT2D eigenvalue weighted by atomic mass is 32.2. The van der Waals surface area contributed by atoms with Crippen LogP contribution < -0.4 is 4.72 Å². The lowest BCUT2D eigenvalue weighted by Crippen LogP contribution is -2.49. The molecule has 1 aliphatic heterocycles. The molecule has 0 spiro atoms. The summed E-state index contributed by atoms with van der Waals surface area (Å²) in [4.78, 5) is 18.7. The van der Waals surface area contributed by atoms with Gasteiger partial charge in [-0.2, -0.15) is 0 Å². The second-order valence-corrected chi connectivity index (χ2v) is 7.65. The fourth-order valence-electron chi connectivity index (χ4n) is 2.91. The van der Waals surface area contributed by atoms with Gasteiger partial charge in [-0.3, -0.25) is 4.79 Å². The quantitative estimate of drug-likeness (QED) is 0.920. The highest BCUT2D eigenvalue weighted by molar-refractivity contribution is 7.88. The Hall–Kier alpha value is -1.99. The summed E-state index contributed by atoms with van der Waals surface area (Å²) in [6.07, 6.45) is 2.65. The van der Waals surface area contributed by atoms with Gasteiger partial charge >= 0.3 is 0 Å². The molecule has 0 aliphatic carbocycles. The maximum absolute atomic E-state index is 12.6. The predicted molar refractivity (Wildman–Crippen MR) is 88.6 cm³/mol. The van der Waals surface area contributed by atoms with Crippen molar-refractivity contribution in [1.29, 1.82) is 0 Å². The number of hydrogen-bond acceptors (Lipinski definition) is 4. The molecule has 0 bridgehead atoms. The minimum atomic E-state index is -3.27. The molecule has 1 unspecified atom stereocenters. The Balaban J connectivity index is 1.78. The number of carbonyl (C=O) groups is 1. The molecule has 1 atom stereocenters. The molecule has 1 aliphatic rings. The van der Waals surface area contributed by atoms with E-state index in [0.29, 0.717) is 18.8 Å². The lowest BCUT2D eigenvalue weighted by molar-refractivity contribution is 0.0697. The van der Waals surface area contributed by atoms with Gasteiger partial charge in [-0.25, -0.2) is 18.1 Å². The molecule has 1 N–H and O–H groups in total. The molecule has 6 nitrogen and oxygen atoms in total. The molecule has 1 aromatic heterocycles. The van der Waals surface area contributed by atoms with Gasteiger partial charge in [-0.15, -0.1) is 0 Å². The average Bonchev–Trinajstić information content (AvgIpc) is 2.52. The van der Waals surface area contributed by atoms with Crippen LogP contribution in [0.25, 0.3) is 10.9 Å². The molecule has 23 heavy (non-hydrogen) atoms. The number of piperidine rings is 1. The number of rotatable bonds is 3. The molecule has 7 heteroatoms. The summed E-state index contributed by atoms with van der Waals surface area (Å²) < 4.78 is 25.3. The Labute approximate surface area is 135 Å². The number of hydrogen-bond donors (Lipinski definition) is 1. The van der Waals surface area contributed by atoms with E-state index in [-0.39, 0.29) is 11.9 Å². The predicted octanol–water partition coefficient (Wildman–Crippen LogP) is 1.39. The van der Waals surface area contributed by atoms with Crippen LogP contribution in [0.3, 0.4) is 0 Å². The Bertz CT molecular complexity index is 835. The smallest absolute Gasteiger partial charge is 0.272 e. The standard InChI is InChI=1S/C16H19N3O3S/c1-23(21,22)18-13-6-4-10-19(11-13)16(20)15-9-8-12-5-2-3-7-14(12)17-15/h2-3,5,7-9,13,18H,4,6,10-11H2,1H3. The van der Waals surface area contributed by atoms with Gasteiger partial charge in [0.25, 0.3) is 5.91 Å². The van der Waals surface area contributed by atoms with Crippen molar-refractivity contribution in [3.8, 4) is 0 Å². The van der Waals surface area contributed by atoms with Crippen molar-refractivity contribution < 1.29 is 13.2 Å². The van der Waals surface area contributed by atoms with Crippen LogP contribution in [0.4, 0.5) is 0 Å². The van der Waals surface area contributed by atoms with Crippen molar-refractivity contribution in [3.63, 3.8) is 0 Å². The Morgan fingerprint density at radius 3 is 2.83 bits per heavy atom. The number of fused-ring (bicyclic) bond motifs is 1. The minimum absolute atomic E-state index is 0.157. The van der Waals surface area contributed by atoms with E-state index in [1.165, 1.54) is 0 Å². The van der Waals surface area contributed by atoms with E-state index in [0.717, 1.165) is 30.0 Å². The molecule has 1 aromatic carbocycles. The van der Waals surface area contributed by atoms with Crippen LogP contribution in [-0.4, -0.2) is 49.6 Å². The third-order valence-corrected chi connectivity index (χ3v) is 4.67. The van der Waals surface area contributed by atoms with Crippen molar-refractivity contribution in [2.24, 2.45) is 0 Å². The molecule has 0 saturated carbocycles. The van der Waals surface area contributed by atoms with Crippen molar-refractivity contribution in [2.45, 2.75) is 18.9 Å². The summed E-state index contributed by atoms with van der Waals surface area (Å²) in [5, 5.41) is 0.985. The van der Waals surface area contributed by atoms with E-state index >= 15 is 0 Å². The molecule has 2 heterocycles. The topological polar surface area (TPSA) is 79.4 Å². The van der Waals surface area contributed by atoms with E-state index in [4.69, 9.17) is 0 Å². The van der Waals surface area contributed by atoms with E-state index < -0.39 is 10.0 Å². The largest absolute Gasteiger partial charge is 0.336 e. The summed E-state index contributed by atoms with van der Waals surface area (Å²) in [5.41, 5.74) is 1.17. The highest BCUT2D eigenvalue weighted by Gasteiger charge is 2.26. The molecule has 1 fully saturated rings. The Morgan fingerprint density at radius 2 is 2.04 bits per heavy atom. The number of carbonyl (C=O) groups excluding carboxylic acids is 1. The van der Waals surface area contributed by atoms with Crippen molar-refractivity contribution >= 4 is 26.8 Å². The van der Waals surface area contributed by atoms with Crippen molar-refractivity contribution in [3.05, 3.63) is 42.1 Å². The van der Waals surface area contributed by atoms with E-state index in [9.17, 15) is 13.2 Å².